The Bertz CT molecular complexity index is 695. The monoisotopic (exact) mass is 383 g/mol. The quantitative estimate of drug-likeness (QED) is 0.410. The average Bonchev–Trinajstić information content (AvgIpc) is 3.14. The first-order chi connectivity index (χ1) is 12.0. The molecule has 1 aromatic rings. The summed E-state index contributed by atoms with van der Waals surface area (Å²) in [7, 11) is 1.29. The van der Waals surface area contributed by atoms with Crippen LogP contribution in [0.3, 0.4) is 0 Å². The molecule has 1 aliphatic heterocycles. The van der Waals surface area contributed by atoms with Crippen LogP contribution in [-0.4, -0.2) is 48.8 Å². The lowest BCUT2D eigenvalue weighted by molar-refractivity contribution is -0.134. The maximum atomic E-state index is 12.1. The predicted octanol–water partition coefficient (Wildman–Crippen LogP) is 2.76. The summed E-state index contributed by atoms with van der Waals surface area (Å²) in [4.78, 5) is 38.6. The highest BCUT2D eigenvalue weighted by Gasteiger charge is 2.27. The van der Waals surface area contributed by atoms with Gasteiger partial charge in [0, 0.05) is 11.4 Å². The van der Waals surface area contributed by atoms with E-state index in [0.29, 0.717) is 28.6 Å². The molecule has 136 valence electrons. The van der Waals surface area contributed by atoms with Crippen LogP contribution in [0.2, 0.25) is 0 Å². The minimum absolute atomic E-state index is 0.0621. The van der Waals surface area contributed by atoms with Gasteiger partial charge in [-0.15, -0.1) is 11.3 Å². The van der Waals surface area contributed by atoms with Gasteiger partial charge in [-0.05, 0) is 31.4 Å². The Balaban J connectivity index is 1.83. The zero-order valence-corrected chi connectivity index (χ0v) is 16.1. The van der Waals surface area contributed by atoms with Gasteiger partial charge >= 0.3 is 11.9 Å². The van der Waals surface area contributed by atoms with E-state index in [1.54, 1.807) is 0 Å². The molecule has 0 atom stereocenters. The van der Waals surface area contributed by atoms with Gasteiger partial charge in [0.25, 0.3) is 0 Å². The number of carbonyl (C=O) groups excluding carboxylic acids is 3. The van der Waals surface area contributed by atoms with Gasteiger partial charge in [-0.25, -0.2) is 9.59 Å². The molecule has 0 aliphatic carbocycles. The van der Waals surface area contributed by atoms with Crippen LogP contribution in [0, 0.1) is 6.92 Å². The molecule has 1 fully saturated rings. The summed E-state index contributed by atoms with van der Waals surface area (Å²) in [6.45, 7) is 4.65. The van der Waals surface area contributed by atoms with Gasteiger partial charge in [-0.2, -0.15) is 0 Å². The van der Waals surface area contributed by atoms with Crippen molar-refractivity contribution in [2.45, 2.75) is 26.7 Å². The number of amides is 1. The molecular formula is C17H21NO5S2. The number of rotatable bonds is 7. The molecule has 0 bridgehead atoms. The van der Waals surface area contributed by atoms with Crippen molar-refractivity contribution in [2.24, 2.45) is 0 Å². The van der Waals surface area contributed by atoms with Crippen molar-refractivity contribution >= 4 is 40.9 Å². The van der Waals surface area contributed by atoms with E-state index in [1.165, 1.54) is 46.1 Å². The molecule has 2 heterocycles. The Hall–Kier alpha value is -1.80. The third kappa shape index (κ3) is 5.09. The summed E-state index contributed by atoms with van der Waals surface area (Å²) in [5, 5.41) is 0.574. The normalized spacial score (nSPS) is 15.7. The van der Waals surface area contributed by atoms with Crippen molar-refractivity contribution in [1.82, 2.24) is 4.90 Å². The number of carbonyl (C=O) groups is 3. The Kier molecular flexibility index (Phi) is 7.07. The molecule has 1 amide bonds. The van der Waals surface area contributed by atoms with E-state index < -0.39 is 5.97 Å². The highest BCUT2D eigenvalue weighted by atomic mass is 32.2. The van der Waals surface area contributed by atoms with Crippen LogP contribution in [0.4, 0.5) is 0 Å². The fourth-order valence-electron chi connectivity index (χ4n) is 2.36. The van der Waals surface area contributed by atoms with Crippen molar-refractivity contribution in [2.75, 3.05) is 26.0 Å². The number of hydrogen-bond acceptors (Lipinski definition) is 7. The van der Waals surface area contributed by atoms with Gasteiger partial charge in [0.05, 0.1) is 30.6 Å². The first-order valence-electron chi connectivity index (χ1n) is 7.95. The number of nitrogens with zero attached hydrogens (tertiary/aromatic N) is 1. The topological polar surface area (TPSA) is 72.9 Å². The highest BCUT2D eigenvalue weighted by molar-refractivity contribution is 8.04. The van der Waals surface area contributed by atoms with Gasteiger partial charge in [0.15, 0.2) is 0 Å². The Morgan fingerprint density at radius 1 is 1.40 bits per heavy atom. The second kappa shape index (κ2) is 9.05. The summed E-state index contributed by atoms with van der Waals surface area (Å²) >= 11 is 2.76. The van der Waals surface area contributed by atoms with Crippen molar-refractivity contribution in [3.63, 3.8) is 0 Å². The zero-order valence-electron chi connectivity index (χ0n) is 14.5. The molecule has 25 heavy (non-hydrogen) atoms. The maximum absolute atomic E-state index is 12.1. The van der Waals surface area contributed by atoms with E-state index in [0.717, 1.165) is 12.0 Å². The van der Waals surface area contributed by atoms with Crippen LogP contribution in [0.1, 0.15) is 33.5 Å². The summed E-state index contributed by atoms with van der Waals surface area (Å²) in [5.41, 5.74) is 1.11. The molecule has 1 aliphatic rings. The smallest absolute Gasteiger partial charge is 0.348 e. The summed E-state index contributed by atoms with van der Waals surface area (Å²) in [6, 6.07) is 1.85. The molecule has 2 rings (SSSR count). The van der Waals surface area contributed by atoms with Crippen LogP contribution in [0.25, 0.3) is 0 Å². The van der Waals surface area contributed by atoms with E-state index in [2.05, 4.69) is 11.7 Å². The minimum Gasteiger partial charge on any atom is -0.466 e. The molecular weight excluding hydrogens is 362 g/mol. The Morgan fingerprint density at radius 3 is 2.80 bits per heavy atom. The molecule has 8 heteroatoms. The van der Waals surface area contributed by atoms with E-state index in [9.17, 15) is 14.4 Å². The summed E-state index contributed by atoms with van der Waals surface area (Å²) < 4.78 is 9.88. The van der Waals surface area contributed by atoms with Gasteiger partial charge in [-0.3, -0.25) is 4.79 Å². The maximum Gasteiger partial charge on any atom is 0.348 e. The van der Waals surface area contributed by atoms with E-state index in [1.807, 2.05) is 13.0 Å². The summed E-state index contributed by atoms with van der Waals surface area (Å²) in [5.74, 6) is -0.585. The van der Waals surface area contributed by atoms with E-state index in [-0.39, 0.29) is 18.5 Å². The molecule has 1 aromatic heterocycles. The van der Waals surface area contributed by atoms with Gasteiger partial charge < -0.3 is 14.4 Å². The molecule has 0 N–H and O–H groups in total. The van der Waals surface area contributed by atoms with E-state index in [4.69, 9.17) is 4.74 Å². The summed E-state index contributed by atoms with van der Waals surface area (Å²) in [6.07, 6.45) is 2.71. The van der Waals surface area contributed by atoms with Gasteiger partial charge in [-0.1, -0.05) is 18.7 Å². The molecule has 0 saturated carbocycles. The molecule has 0 aromatic carbocycles. The van der Waals surface area contributed by atoms with Crippen molar-refractivity contribution in [3.05, 3.63) is 32.5 Å². The van der Waals surface area contributed by atoms with Crippen LogP contribution < -0.4 is 0 Å². The number of methoxy groups -OCH3 is 1. The fourth-order valence-corrected chi connectivity index (χ4v) is 4.32. The van der Waals surface area contributed by atoms with E-state index >= 15 is 0 Å². The molecule has 6 nitrogen and oxygen atoms in total. The lowest BCUT2D eigenvalue weighted by Crippen LogP contribution is -2.27. The Morgan fingerprint density at radius 2 is 2.16 bits per heavy atom. The van der Waals surface area contributed by atoms with Crippen LogP contribution in [-0.2, 0) is 25.5 Å². The van der Waals surface area contributed by atoms with Crippen LogP contribution in [0.15, 0.2) is 17.2 Å². The second-order valence-corrected chi connectivity index (χ2v) is 7.53. The van der Waals surface area contributed by atoms with Crippen molar-refractivity contribution in [1.29, 1.82) is 0 Å². The van der Waals surface area contributed by atoms with Gasteiger partial charge in [0.2, 0.25) is 5.91 Å². The fraction of sp³-hybridized carbons (Fsp3) is 0.471. The third-order valence-electron chi connectivity index (χ3n) is 3.66. The standard InChI is InChI=1S/C17H21NO5S2/c1-4-12-11(2)8-13(25-12)17(21)23-7-5-6-18-14(19)10-24-15(18)9-16(20)22-3/h8-9H,4-7,10H2,1-3H3/b15-9-. The third-order valence-corrected chi connectivity index (χ3v) is 6.04. The number of aryl methyl sites for hydroxylation is 2. The lowest BCUT2D eigenvalue weighted by atomic mass is 10.2. The number of esters is 2. The van der Waals surface area contributed by atoms with Crippen molar-refractivity contribution in [3.8, 4) is 0 Å². The predicted molar refractivity (Wildman–Crippen MR) is 97.6 cm³/mol. The number of thioether (sulfide) groups is 1. The minimum atomic E-state index is -0.492. The first-order valence-corrected chi connectivity index (χ1v) is 9.75. The SMILES string of the molecule is CCc1sc(C(=O)OCCCN2C(=O)CS/C2=C\C(=O)OC)cc1C. The van der Waals surface area contributed by atoms with Crippen molar-refractivity contribution < 1.29 is 23.9 Å². The van der Waals surface area contributed by atoms with Crippen LogP contribution >= 0.6 is 23.1 Å². The zero-order chi connectivity index (χ0) is 18.4. The Labute approximate surface area is 155 Å². The lowest BCUT2D eigenvalue weighted by Gasteiger charge is -2.16. The number of ether oxygens (including phenoxy) is 2. The highest BCUT2D eigenvalue weighted by Crippen LogP contribution is 2.29. The molecule has 0 radical (unpaired) electrons. The molecule has 1 saturated heterocycles. The largest absolute Gasteiger partial charge is 0.466 e. The molecule has 0 unspecified atom stereocenters. The first kappa shape index (κ1) is 19.5. The average molecular weight is 383 g/mol. The van der Waals surface area contributed by atoms with Gasteiger partial charge in [0.1, 0.15) is 4.88 Å². The van der Waals surface area contributed by atoms with Crippen LogP contribution in [0.5, 0.6) is 0 Å². The molecule has 0 spiro atoms. The number of thiophene rings is 1. The number of hydrogen-bond donors (Lipinski definition) is 0. The second-order valence-electron chi connectivity index (χ2n) is 5.40.